The van der Waals surface area contributed by atoms with Crippen LogP contribution in [0, 0.1) is 0 Å². The van der Waals surface area contributed by atoms with E-state index in [1.807, 2.05) is 24.3 Å². The largest absolute Gasteiger partial charge is 0.463 e. The second kappa shape index (κ2) is 5.16. The predicted molar refractivity (Wildman–Crippen MR) is 73.0 cm³/mol. The Hall–Kier alpha value is -3.02. The zero-order valence-electron chi connectivity index (χ0n) is 11.1. The van der Waals surface area contributed by atoms with E-state index in [0.29, 0.717) is 5.52 Å². The van der Waals surface area contributed by atoms with Crippen molar-refractivity contribution in [2.24, 2.45) is 0 Å². The first-order valence-electron chi connectivity index (χ1n) is 6.14. The number of nitrogens with zero attached hydrogens (tertiary/aromatic N) is 2. The Bertz CT molecular complexity index is 838. The van der Waals surface area contributed by atoms with Gasteiger partial charge < -0.3 is 9.26 Å². The maximum atomic E-state index is 12.3. The van der Waals surface area contributed by atoms with Crippen LogP contribution < -0.4 is 0 Å². The zero-order valence-corrected chi connectivity index (χ0v) is 11.1. The van der Waals surface area contributed by atoms with E-state index in [1.165, 1.54) is 13.2 Å². The van der Waals surface area contributed by atoms with Crippen LogP contribution in [-0.4, -0.2) is 29.0 Å². The highest BCUT2D eigenvalue weighted by atomic mass is 16.5. The van der Waals surface area contributed by atoms with E-state index in [1.54, 1.807) is 12.1 Å². The maximum Gasteiger partial charge on any atom is 0.376 e. The number of fused-ring (bicyclic) bond motifs is 1. The lowest BCUT2D eigenvalue weighted by atomic mass is 10.1. The Morgan fingerprint density at radius 3 is 2.71 bits per heavy atom. The van der Waals surface area contributed by atoms with Crippen molar-refractivity contribution in [1.29, 1.82) is 0 Å². The van der Waals surface area contributed by atoms with E-state index in [9.17, 15) is 9.59 Å². The summed E-state index contributed by atoms with van der Waals surface area (Å²) in [6.45, 7) is 0. The molecule has 0 fully saturated rings. The van der Waals surface area contributed by atoms with Crippen LogP contribution in [-0.2, 0) is 4.74 Å². The fourth-order valence-electron chi connectivity index (χ4n) is 1.90. The van der Waals surface area contributed by atoms with Crippen molar-refractivity contribution in [3.63, 3.8) is 0 Å². The molecule has 3 aromatic rings. The van der Waals surface area contributed by atoms with E-state index in [2.05, 4.69) is 14.9 Å². The van der Waals surface area contributed by atoms with Gasteiger partial charge in [0.05, 0.1) is 12.6 Å². The number of methoxy groups -OCH3 is 1. The van der Waals surface area contributed by atoms with Gasteiger partial charge in [0.2, 0.25) is 11.5 Å². The van der Waals surface area contributed by atoms with Gasteiger partial charge in [0.15, 0.2) is 5.69 Å². The fourth-order valence-corrected chi connectivity index (χ4v) is 1.90. The number of ether oxygens (including phenoxy) is 1. The fraction of sp³-hybridized carbons (Fsp3) is 0.0667. The van der Waals surface area contributed by atoms with Gasteiger partial charge in [-0.25, -0.2) is 9.78 Å². The normalized spacial score (nSPS) is 10.5. The third-order valence-corrected chi connectivity index (χ3v) is 2.96. The van der Waals surface area contributed by atoms with Crippen LogP contribution >= 0.6 is 0 Å². The summed E-state index contributed by atoms with van der Waals surface area (Å²) in [5.41, 5.74) is 0.955. The number of esters is 1. The summed E-state index contributed by atoms with van der Waals surface area (Å²) in [7, 11) is 1.22. The van der Waals surface area contributed by atoms with Crippen molar-refractivity contribution in [2.75, 3.05) is 7.11 Å². The molecule has 3 rings (SSSR count). The molecule has 104 valence electrons. The SMILES string of the molecule is COC(=O)c1cc(C(=O)c2ccc3ccccc3n2)no1. The number of benzene rings is 1. The van der Waals surface area contributed by atoms with E-state index in [4.69, 9.17) is 4.52 Å². The molecule has 21 heavy (non-hydrogen) atoms. The Kier molecular flexibility index (Phi) is 3.19. The predicted octanol–water partition coefficient (Wildman–Crippen LogP) is 2.24. The smallest absolute Gasteiger partial charge is 0.376 e. The molecule has 0 atom stereocenters. The van der Waals surface area contributed by atoms with Gasteiger partial charge in [0.25, 0.3) is 0 Å². The van der Waals surface area contributed by atoms with Gasteiger partial charge in [0.1, 0.15) is 5.69 Å². The van der Waals surface area contributed by atoms with Gasteiger partial charge in [-0.1, -0.05) is 29.4 Å². The lowest BCUT2D eigenvalue weighted by molar-refractivity contribution is 0.0554. The van der Waals surface area contributed by atoms with Crippen LogP contribution in [0.2, 0.25) is 0 Å². The minimum absolute atomic E-state index is 0.0122. The van der Waals surface area contributed by atoms with Crippen LogP contribution in [0.1, 0.15) is 26.7 Å². The third kappa shape index (κ3) is 2.38. The van der Waals surface area contributed by atoms with Gasteiger partial charge >= 0.3 is 5.97 Å². The monoisotopic (exact) mass is 282 g/mol. The number of hydrogen-bond acceptors (Lipinski definition) is 6. The lowest BCUT2D eigenvalue weighted by Gasteiger charge is -1.99. The minimum atomic E-state index is -0.687. The Labute approximate surface area is 119 Å². The summed E-state index contributed by atoms with van der Waals surface area (Å²) >= 11 is 0. The number of hydrogen-bond donors (Lipinski definition) is 0. The molecule has 0 unspecified atom stereocenters. The number of carbonyl (C=O) groups is 2. The first-order valence-corrected chi connectivity index (χ1v) is 6.14. The molecule has 0 saturated carbocycles. The van der Waals surface area contributed by atoms with Crippen molar-refractivity contribution in [3.8, 4) is 0 Å². The van der Waals surface area contributed by atoms with Crippen molar-refractivity contribution in [2.45, 2.75) is 0 Å². The third-order valence-electron chi connectivity index (χ3n) is 2.96. The van der Waals surface area contributed by atoms with E-state index < -0.39 is 11.8 Å². The Morgan fingerprint density at radius 2 is 1.90 bits per heavy atom. The molecule has 6 nitrogen and oxygen atoms in total. The molecule has 0 radical (unpaired) electrons. The summed E-state index contributed by atoms with van der Waals surface area (Å²) in [5, 5.41) is 4.51. The van der Waals surface area contributed by atoms with Gasteiger partial charge in [-0.2, -0.15) is 0 Å². The van der Waals surface area contributed by atoms with Gasteiger partial charge in [-0.3, -0.25) is 4.79 Å². The molecular formula is C15H10N2O4. The quantitative estimate of drug-likeness (QED) is 0.541. The molecule has 2 aromatic heterocycles. The van der Waals surface area contributed by atoms with Crippen LogP contribution in [0.5, 0.6) is 0 Å². The van der Waals surface area contributed by atoms with Crippen molar-refractivity contribution in [3.05, 3.63) is 59.6 Å². The summed E-state index contributed by atoms with van der Waals surface area (Å²) in [4.78, 5) is 27.8. The summed E-state index contributed by atoms with van der Waals surface area (Å²) in [6.07, 6.45) is 0. The van der Waals surface area contributed by atoms with Crippen LogP contribution in [0.15, 0.2) is 47.0 Å². The van der Waals surface area contributed by atoms with Gasteiger partial charge in [0, 0.05) is 11.5 Å². The number of ketones is 1. The van der Waals surface area contributed by atoms with Gasteiger partial charge in [-0.05, 0) is 12.1 Å². The molecule has 0 spiro atoms. The molecule has 2 heterocycles. The highest BCUT2D eigenvalue weighted by molar-refractivity contribution is 6.08. The van der Waals surface area contributed by atoms with Crippen LogP contribution in [0.4, 0.5) is 0 Å². The number of para-hydroxylation sites is 1. The highest BCUT2D eigenvalue weighted by Gasteiger charge is 2.20. The molecule has 0 amide bonds. The van der Waals surface area contributed by atoms with Crippen LogP contribution in [0.3, 0.4) is 0 Å². The number of aromatic nitrogens is 2. The van der Waals surface area contributed by atoms with Crippen LogP contribution in [0.25, 0.3) is 10.9 Å². The number of carbonyl (C=O) groups excluding carboxylic acids is 2. The highest BCUT2D eigenvalue weighted by Crippen LogP contribution is 2.15. The summed E-state index contributed by atoms with van der Waals surface area (Å²) in [6, 6.07) is 12.1. The second-order valence-electron chi connectivity index (χ2n) is 4.29. The first-order chi connectivity index (χ1) is 10.2. The molecule has 0 saturated heterocycles. The number of rotatable bonds is 3. The summed E-state index contributed by atoms with van der Waals surface area (Å²) in [5.74, 6) is -1.23. The molecule has 6 heteroatoms. The minimum Gasteiger partial charge on any atom is -0.463 e. The molecular weight excluding hydrogens is 272 g/mol. The maximum absolute atomic E-state index is 12.3. The topological polar surface area (TPSA) is 82.3 Å². The average Bonchev–Trinajstić information content (AvgIpc) is 3.03. The van der Waals surface area contributed by atoms with Crippen molar-refractivity contribution in [1.82, 2.24) is 10.1 Å². The van der Waals surface area contributed by atoms with Crippen molar-refractivity contribution >= 4 is 22.7 Å². The van der Waals surface area contributed by atoms with E-state index in [-0.39, 0.29) is 17.1 Å². The van der Waals surface area contributed by atoms with Gasteiger partial charge in [-0.15, -0.1) is 0 Å². The standard InChI is InChI=1S/C15H10N2O4/c1-20-15(19)13-8-12(17-21-13)14(18)11-7-6-9-4-2-3-5-10(9)16-11/h2-8H,1H3. The van der Waals surface area contributed by atoms with E-state index >= 15 is 0 Å². The number of pyridine rings is 1. The zero-order chi connectivity index (χ0) is 14.8. The average molecular weight is 282 g/mol. The first kappa shape index (κ1) is 13.0. The molecule has 0 aliphatic heterocycles. The molecule has 0 aliphatic carbocycles. The second-order valence-corrected chi connectivity index (χ2v) is 4.29. The molecule has 1 aromatic carbocycles. The molecule has 0 N–H and O–H groups in total. The molecule has 0 aliphatic rings. The lowest BCUT2D eigenvalue weighted by Crippen LogP contribution is -2.04. The molecule has 0 bridgehead atoms. The Balaban J connectivity index is 1.96. The summed E-state index contributed by atoms with van der Waals surface area (Å²) < 4.78 is 9.27. The Morgan fingerprint density at radius 1 is 1.10 bits per heavy atom. The van der Waals surface area contributed by atoms with E-state index in [0.717, 1.165) is 5.39 Å². The van der Waals surface area contributed by atoms with Crippen molar-refractivity contribution < 1.29 is 18.8 Å².